The van der Waals surface area contributed by atoms with Gasteiger partial charge < -0.3 is 52.8 Å². The third-order valence-corrected chi connectivity index (χ3v) is 11.4. The van der Waals surface area contributed by atoms with Crippen LogP contribution in [0.15, 0.2) is 182 Å². The van der Waals surface area contributed by atoms with Crippen LogP contribution >= 0.6 is 0 Å². The lowest BCUT2D eigenvalue weighted by Crippen LogP contribution is -2.66. The molecule has 0 spiro atoms. The van der Waals surface area contributed by atoms with Crippen LogP contribution < -0.4 is 0 Å². The van der Waals surface area contributed by atoms with Gasteiger partial charge in [-0.15, -0.1) is 0 Å². The van der Waals surface area contributed by atoms with Gasteiger partial charge in [0.15, 0.2) is 24.8 Å². The highest BCUT2D eigenvalue weighted by molar-refractivity contribution is 5.90. The van der Waals surface area contributed by atoms with Crippen molar-refractivity contribution in [1.82, 2.24) is 0 Å². The van der Waals surface area contributed by atoms with E-state index in [1.54, 1.807) is 60.7 Å². The average Bonchev–Trinajstić information content (AvgIpc) is 3.37. The van der Waals surface area contributed by atoms with E-state index in [1.165, 1.54) is 0 Å². The van der Waals surface area contributed by atoms with E-state index in [1.807, 2.05) is 121 Å². The Kier molecular flexibility index (Phi) is 17.0. The number of aliphatic hydroxyl groups excluding tert-OH is 2. The van der Waals surface area contributed by atoms with Crippen molar-refractivity contribution < 1.29 is 62.4 Å². The Labute approximate surface area is 389 Å². The van der Waals surface area contributed by atoms with Crippen molar-refractivity contribution in [2.45, 2.75) is 87.8 Å². The summed E-state index contributed by atoms with van der Waals surface area (Å²) in [4.78, 5) is 27.9. The van der Waals surface area contributed by atoms with Gasteiger partial charge in [-0.2, -0.15) is 0 Å². The van der Waals surface area contributed by atoms with Crippen molar-refractivity contribution in [2.75, 3.05) is 13.2 Å². The van der Waals surface area contributed by atoms with Gasteiger partial charge in [0, 0.05) is 0 Å². The van der Waals surface area contributed by atoms with Crippen LogP contribution in [-0.4, -0.2) is 96.8 Å². The van der Waals surface area contributed by atoms with E-state index in [-0.39, 0.29) is 50.8 Å². The van der Waals surface area contributed by atoms with Gasteiger partial charge in [0.05, 0.1) is 50.8 Å². The van der Waals surface area contributed by atoms with E-state index in [0.717, 1.165) is 22.3 Å². The summed E-state index contributed by atoms with van der Waals surface area (Å²) >= 11 is 0. The first-order valence-electron chi connectivity index (χ1n) is 22.3. The zero-order valence-corrected chi connectivity index (χ0v) is 36.7. The lowest BCUT2D eigenvalue weighted by Gasteiger charge is -2.48. The van der Waals surface area contributed by atoms with E-state index in [2.05, 4.69) is 0 Å². The Morgan fingerprint density at radius 1 is 0.418 bits per heavy atom. The second-order valence-corrected chi connectivity index (χ2v) is 16.2. The zero-order valence-electron chi connectivity index (χ0n) is 36.7. The molecule has 0 bridgehead atoms. The molecule has 0 unspecified atom stereocenters. The monoisotopic (exact) mass is 910 g/mol. The lowest BCUT2D eigenvalue weighted by atomic mass is 9.96. The molecule has 0 aromatic heterocycles. The molecular formula is C54H54O13. The van der Waals surface area contributed by atoms with E-state index in [0.29, 0.717) is 0 Å². The number of rotatable bonds is 20. The molecule has 10 atom stereocenters. The van der Waals surface area contributed by atoms with Crippen LogP contribution in [-0.2, 0) is 69.1 Å². The highest BCUT2D eigenvalue weighted by Gasteiger charge is 2.55. The topological polar surface area (TPSA) is 158 Å². The van der Waals surface area contributed by atoms with Crippen LogP contribution in [0.3, 0.4) is 0 Å². The van der Waals surface area contributed by atoms with Crippen molar-refractivity contribution in [2.24, 2.45) is 0 Å². The molecule has 0 amide bonds. The molecule has 348 valence electrons. The number of esters is 2. The van der Waals surface area contributed by atoms with Crippen LogP contribution in [0.4, 0.5) is 0 Å². The molecule has 6 aromatic carbocycles. The number of hydrogen-bond acceptors (Lipinski definition) is 13. The predicted octanol–water partition coefficient (Wildman–Crippen LogP) is 7.23. The Morgan fingerprint density at radius 2 is 0.806 bits per heavy atom. The molecule has 0 radical (unpaired) electrons. The van der Waals surface area contributed by atoms with Gasteiger partial charge in [0.2, 0.25) is 0 Å². The number of hydrogen-bond donors (Lipinski definition) is 2. The fourth-order valence-electron chi connectivity index (χ4n) is 7.91. The van der Waals surface area contributed by atoms with Crippen molar-refractivity contribution in [1.29, 1.82) is 0 Å². The van der Waals surface area contributed by atoms with E-state index in [9.17, 15) is 19.8 Å². The quantitative estimate of drug-likeness (QED) is 0.0741. The largest absolute Gasteiger partial charge is 0.452 e. The number of aliphatic hydroxyl groups is 2. The third kappa shape index (κ3) is 13.1. The standard InChI is InChI=1S/C54H54O13/c55-45-43(35-59-31-37-19-7-1-8-20-37)64-54(50(66-52(57)42-29-17-6-18-30-42)47(45)65-51(56)41-27-15-5-16-28-41)67-46-44(36-60-32-38-21-9-2-10-22-38)63-53(58)49(62-34-40-25-13-4-14-26-40)48(46)61-33-39-23-11-3-12-24-39/h1-30,43-50,53-55,58H,31-36H2/t43-,44-,45-,46-,47+,48+,49-,50-,53-,54+/m1/s1. The average molecular weight is 911 g/mol. The minimum atomic E-state index is -1.59. The smallest absolute Gasteiger partial charge is 0.338 e. The Bertz CT molecular complexity index is 2380. The summed E-state index contributed by atoms with van der Waals surface area (Å²) < 4.78 is 57.8. The van der Waals surface area contributed by atoms with Gasteiger partial charge >= 0.3 is 11.9 Å². The van der Waals surface area contributed by atoms with Crippen molar-refractivity contribution in [3.63, 3.8) is 0 Å². The number of ether oxygens (including phenoxy) is 9. The fraction of sp³-hybridized carbons (Fsp3) is 0.296. The fourth-order valence-corrected chi connectivity index (χ4v) is 7.91. The molecule has 13 heteroatoms. The summed E-state index contributed by atoms with van der Waals surface area (Å²) in [5, 5.41) is 23.9. The summed E-state index contributed by atoms with van der Waals surface area (Å²) in [6, 6.07) is 54.5. The van der Waals surface area contributed by atoms with Gasteiger partial charge in [-0.25, -0.2) is 9.59 Å². The number of carbonyl (C=O) groups is 2. The maximum Gasteiger partial charge on any atom is 0.338 e. The second-order valence-electron chi connectivity index (χ2n) is 16.2. The summed E-state index contributed by atoms with van der Waals surface area (Å²) in [7, 11) is 0. The Hall–Kier alpha value is -6.10. The molecule has 0 saturated carbocycles. The minimum Gasteiger partial charge on any atom is -0.452 e. The molecule has 0 aliphatic carbocycles. The summed E-state index contributed by atoms with van der Waals surface area (Å²) in [5.41, 5.74) is 3.82. The molecular weight excluding hydrogens is 857 g/mol. The molecule has 8 rings (SSSR count). The van der Waals surface area contributed by atoms with Crippen LogP contribution in [0.1, 0.15) is 43.0 Å². The lowest BCUT2D eigenvalue weighted by molar-refractivity contribution is -0.364. The molecule has 2 aliphatic heterocycles. The van der Waals surface area contributed by atoms with Gasteiger partial charge in [-0.05, 0) is 46.5 Å². The summed E-state index contributed by atoms with van der Waals surface area (Å²) in [6.45, 7) is 0.243. The molecule has 2 fully saturated rings. The van der Waals surface area contributed by atoms with Crippen LogP contribution in [0, 0.1) is 0 Å². The maximum absolute atomic E-state index is 14.0. The van der Waals surface area contributed by atoms with Crippen molar-refractivity contribution >= 4 is 11.9 Å². The van der Waals surface area contributed by atoms with E-state index in [4.69, 9.17) is 42.6 Å². The molecule has 6 aromatic rings. The Balaban J connectivity index is 1.17. The maximum atomic E-state index is 14.0. The first kappa shape index (κ1) is 47.4. The molecule has 13 nitrogen and oxygen atoms in total. The summed E-state index contributed by atoms with van der Waals surface area (Å²) in [6.07, 6.45) is -13.5. The van der Waals surface area contributed by atoms with Crippen LogP contribution in [0.2, 0.25) is 0 Å². The zero-order chi connectivity index (χ0) is 46.2. The third-order valence-electron chi connectivity index (χ3n) is 11.4. The number of benzene rings is 6. The predicted molar refractivity (Wildman–Crippen MR) is 244 cm³/mol. The summed E-state index contributed by atoms with van der Waals surface area (Å²) in [5.74, 6) is -1.58. The molecule has 2 aliphatic rings. The molecule has 2 N–H and O–H groups in total. The van der Waals surface area contributed by atoms with E-state index >= 15 is 0 Å². The van der Waals surface area contributed by atoms with Crippen molar-refractivity contribution in [3.05, 3.63) is 215 Å². The van der Waals surface area contributed by atoms with Crippen LogP contribution in [0.5, 0.6) is 0 Å². The molecule has 2 saturated heterocycles. The van der Waals surface area contributed by atoms with Crippen molar-refractivity contribution in [3.8, 4) is 0 Å². The van der Waals surface area contributed by atoms with Gasteiger partial charge in [0.1, 0.15) is 36.6 Å². The molecule has 2 heterocycles. The SMILES string of the molecule is O=C(O[C@H]1[C@H](O[C@H]2[C@H](OCc3ccccc3)[C@@H](OCc3ccccc3)[C@H](O)O[C@@H]2COCc2ccccc2)O[C@H](COCc2ccccc2)[C@@H](O)[C@@H]1OC(=O)c1ccccc1)c1ccccc1. The first-order chi connectivity index (χ1) is 32.9. The molecule has 67 heavy (non-hydrogen) atoms. The van der Waals surface area contributed by atoms with E-state index < -0.39 is 73.4 Å². The first-order valence-corrected chi connectivity index (χ1v) is 22.3. The Morgan fingerprint density at radius 3 is 1.27 bits per heavy atom. The number of carbonyl (C=O) groups excluding carboxylic acids is 2. The second kappa shape index (κ2) is 24.1. The normalized spacial score (nSPS) is 24.9. The highest BCUT2D eigenvalue weighted by Crippen LogP contribution is 2.35. The highest BCUT2D eigenvalue weighted by atomic mass is 16.8. The van der Waals surface area contributed by atoms with Gasteiger partial charge in [-0.1, -0.05) is 158 Å². The minimum absolute atomic E-state index is 0.0742. The van der Waals surface area contributed by atoms with Gasteiger partial charge in [0.25, 0.3) is 0 Å². The van der Waals surface area contributed by atoms with Gasteiger partial charge in [-0.3, -0.25) is 0 Å². The van der Waals surface area contributed by atoms with Crippen LogP contribution in [0.25, 0.3) is 0 Å².